The van der Waals surface area contributed by atoms with Gasteiger partial charge in [0.2, 0.25) is 11.0 Å². The summed E-state index contributed by atoms with van der Waals surface area (Å²) in [4.78, 5) is 16.1. The van der Waals surface area contributed by atoms with E-state index in [0.717, 1.165) is 34.4 Å². The first-order chi connectivity index (χ1) is 14.6. The quantitative estimate of drug-likeness (QED) is 0.503. The minimum atomic E-state index is 0.0969. The highest BCUT2D eigenvalue weighted by molar-refractivity contribution is 8.01. The van der Waals surface area contributed by atoms with Crippen LogP contribution in [0.15, 0.2) is 57.8 Å². The second-order valence-electron chi connectivity index (χ2n) is 6.75. The number of carbonyl (C=O) groups excluding carboxylic acids is 1. The summed E-state index contributed by atoms with van der Waals surface area (Å²) in [6.07, 6.45) is 0.975. The van der Waals surface area contributed by atoms with Gasteiger partial charge in [0.05, 0.1) is 18.6 Å². The predicted molar refractivity (Wildman–Crippen MR) is 126 cm³/mol. The molecule has 156 valence electrons. The summed E-state index contributed by atoms with van der Waals surface area (Å²) < 4.78 is 6.00. The van der Waals surface area contributed by atoms with E-state index >= 15 is 0 Å². The van der Waals surface area contributed by atoms with Gasteiger partial charge in [-0.2, -0.15) is 0 Å². The normalized spacial score (nSPS) is 15.9. The third-order valence-electron chi connectivity index (χ3n) is 4.59. The Hall–Kier alpha value is -2.23. The van der Waals surface area contributed by atoms with Crippen molar-refractivity contribution in [2.75, 3.05) is 29.6 Å². The molecule has 0 saturated heterocycles. The SMILES string of the molecule is COc1cccc(Nc2nnc(SCC(=O)N3CCC(C)Sc4ccccc43)s2)c1. The summed E-state index contributed by atoms with van der Waals surface area (Å²) in [5.41, 5.74) is 1.89. The Balaban J connectivity index is 1.39. The molecule has 0 bridgehead atoms. The summed E-state index contributed by atoms with van der Waals surface area (Å²) in [6, 6.07) is 15.8. The van der Waals surface area contributed by atoms with Crippen LogP contribution in [0.3, 0.4) is 0 Å². The highest BCUT2D eigenvalue weighted by atomic mass is 32.2. The maximum atomic E-state index is 13.0. The van der Waals surface area contributed by atoms with E-state index in [-0.39, 0.29) is 5.91 Å². The largest absolute Gasteiger partial charge is 0.497 e. The summed E-state index contributed by atoms with van der Waals surface area (Å²) in [5, 5.41) is 12.8. The van der Waals surface area contributed by atoms with E-state index in [9.17, 15) is 4.79 Å². The monoisotopic (exact) mass is 458 g/mol. The van der Waals surface area contributed by atoms with Crippen molar-refractivity contribution in [3.05, 3.63) is 48.5 Å². The van der Waals surface area contributed by atoms with Crippen LogP contribution in [0, 0.1) is 0 Å². The van der Waals surface area contributed by atoms with E-state index in [1.807, 2.05) is 59.1 Å². The Morgan fingerprint density at radius 2 is 2.13 bits per heavy atom. The smallest absolute Gasteiger partial charge is 0.237 e. The third-order valence-corrected chi connectivity index (χ3v) is 7.79. The van der Waals surface area contributed by atoms with Crippen molar-refractivity contribution >= 4 is 57.3 Å². The average Bonchev–Trinajstić information content (AvgIpc) is 3.13. The Morgan fingerprint density at radius 1 is 1.27 bits per heavy atom. The first-order valence-corrected chi connectivity index (χ1v) is 12.2. The molecule has 1 aliphatic rings. The van der Waals surface area contributed by atoms with Gasteiger partial charge in [-0.3, -0.25) is 4.79 Å². The van der Waals surface area contributed by atoms with Gasteiger partial charge < -0.3 is 15.0 Å². The predicted octanol–water partition coefficient (Wildman–Crippen LogP) is 5.30. The fourth-order valence-corrected chi connectivity index (χ4v) is 5.85. The zero-order valence-electron chi connectivity index (χ0n) is 16.7. The molecule has 1 unspecified atom stereocenters. The molecular formula is C21H22N4O2S3. The van der Waals surface area contributed by atoms with E-state index in [1.54, 1.807) is 7.11 Å². The topological polar surface area (TPSA) is 67.3 Å². The van der Waals surface area contributed by atoms with Gasteiger partial charge in [0.1, 0.15) is 5.75 Å². The Labute approximate surface area is 188 Å². The molecule has 0 aliphatic carbocycles. The van der Waals surface area contributed by atoms with Crippen LogP contribution in [0.2, 0.25) is 0 Å². The number of methoxy groups -OCH3 is 1. The zero-order valence-corrected chi connectivity index (χ0v) is 19.1. The van der Waals surface area contributed by atoms with Crippen molar-refractivity contribution in [3.8, 4) is 5.75 Å². The van der Waals surface area contributed by atoms with Gasteiger partial charge in [-0.05, 0) is 30.7 Å². The molecule has 1 N–H and O–H groups in total. The van der Waals surface area contributed by atoms with Gasteiger partial charge in [-0.25, -0.2) is 0 Å². The summed E-state index contributed by atoms with van der Waals surface area (Å²) in [6.45, 7) is 2.95. The van der Waals surface area contributed by atoms with Crippen molar-refractivity contribution in [2.24, 2.45) is 0 Å². The van der Waals surface area contributed by atoms with E-state index in [0.29, 0.717) is 16.1 Å². The number of nitrogens with one attached hydrogen (secondary N) is 1. The molecule has 1 amide bonds. The van der Waals surface area contributed by atoms with Crippen molar-refractivity contribution < 1.29 is 9.53 Å². The lowest BCUT2D eigenvalue weighted by Crippen LogP contribution is -2.33. The van der Waals surface area contributed by atoms with Gasteiger partial charge in [0.25, 0.3) is 0 Å². The Bertz CT molecular complexity index is 1030. The number of aromatic nitrogens is 2. The molecule has 1 aromatic heterocycles. The molecule has 4 rings (SSSR count). The minimum absolute atomic E-state index is 0.0969. The van der Waals surface area contributed by atoms with Gasteiger partial charge in [-0.1, -0.05) is 48.2 Å². The number of para-hydroxylation sites is 1. The van der Waals surface area contributed by atoms with Crippen LogP contribution in [0.4, 0.5) is 16.5 Å². The molecule has 0 spiro atoms. The molecule has 9 heteroatoms. The number of ether oxygens (including phenoxy) is 1. The van der Waals surface area contributed by atoms with Crippen LogP contribution in [0.1, 0.15) is 13.3 Å². The van der Waals surface area contributed by atoms with Crippen LogP contribution < -0.4 is 15.0 Å². The van der Waals surface area contributed by atoms with Crippen LogP contribution >= 0.6 is 34.9 Å². The second kappa shape index (κ2) is 9.72. The molecule has 1 atom stereocenters. The maximum absolute atomic E-state index is 13.0. The molecule has 2 heterocycles. The average molecular weight is 459 g/mol. The molecule has 2 aromatic carbocycles. The third kappa shape index (κ3) is 5.08. The number of benzene rings is 2. The first-order valence-electron chi connectivity index (χ1n) is 9.56. The number of rotatable bonds is 6. The molecule has 6 nitrogen and oxygen atoms in total. The fraction of sp³-hybridized carbons (Fsp3) is 0.286. The molecule has 0 saturated carbocycles. The number of carbonyl (C=O) groups is 1. The van der Waals surface area contributed by atoms with Crippen molar-refractivity contribution in [1.29, 1.82) is 0 Å². The van der Waals surface area contributed by atoms with Crippen LogP contribution in [-0.2, 0) is 4.79 Å². The van der Waals surface area contributed by atoms with Crippen molar-refractivity contribution in [3.63, 3.8) is 0 Å². The number of amides is 1. The number of anilines is 3. The van der Waals surface area contributed by atoms with Crippen LogP contribution in [-0.4, -0.2) is 40.8 Å². The minimum Gasteiger partial charge on any atom is -0.497 e. The highest BCUT2D eigenvalue weighted by Crippen LogP contribution is 2.38. The Kier molecular flexibility index (Phi) is 6.81. The van der Waals surface area contributed by atoms with Gasteiger partial charge >= 0.3 is 0 Å². The number of nitrogens with zero attached hydrogens (tertiary/aromatic N) is 3. The van der Waals surface area contributed by atoms with E-state index in [2.05, 4.69) is 28.5 Å². The van der Waals surface area contributed by atoms with Gasteiger partial charge in [0, 0.05) is 28.4 Å². The number of hydrogen-bond donors (Lipinski definition) is 1. The van der Waals surface area contributed by atoms with Gasteiger partial charge in [0.15, 0.2) is 4.34 Å². The highest BCUT2D eigenvalue weighted by Gasteiger charge is 2.24. The molecule has 1 aliphatic heterocycles. The number of hydrogen-bond acceptors (Lipinski definition) is 8. The van der Waals surface area contributed by atoms with E-state index < -0.39 is 0 Å². The maximum Gasteiger partial charge on any atom is 0.237 e. The van der Waals surface area contributed by atoms with Crippen LogP contribution in [0.5, 0.6) is 5.75 Å². The molecule has 30 heavy (non-hydrogen) atoms. The zero-order chi connectivity index (χ0) is 20.9. The van der Waals surface area contributed by atoms with Crippen molar-refractivity contribution in [1.82, 2.24) is 10.2 Å². The van der Waals surface area contributed by atoms with Crippen molar-refractivity contribution in [2.45, 2.75) is 27.8 Å². The lowest BCUT2D eigenvalue weighted by molar-refractivity contribution is -0.116. The molecular weight excluding hydrogens is 436 g/mol. The van der Waals surface area contributed by atoms with E-state index in [1.165, 1.54) is 28.0 Å². The second-order valence-corrected chi connectivity index (χ2v) is 10.4. The lowest BCUT2D eigenvalue weighted by Gasteiger charge is -2.22. The standard InChI is InChI=1S/C21H22N4O2S3/c1-14-10-11-25(17-8-3-4-9-18(17)29-14)19(26)13-28-21-24-23-20(30-21)22-15-6-5-7-16(12-15)27-2/h3-9,12,14H,10-11,13H2,1-2H3,(H,22,23). The molecule has 0 fully saturated rings. The first kappa shape index (κ1) is 21.0. The molecule has 0 radical (unpaired) electrons. The molecule has 3 aromatic rings. The van der Waals surface area contributed by atoms with E-state index in [4.69, 9.17) is 4.74 Å². The van der Waals surface area contributed by atoms with Crippen LogP contribution in [0.25, 0.3) is 0 Å². The number of thioether (sulfide) groups is 2. The Morgan fingerprint density at radius 3 is 3.00 bits per heavy atom. The summed E-state index contributed by atoms with van der Waals surface area (Å²) >= 11 is 4.70. The lowest BCUT2D eigenvalue weighted by atomic mass is 10.2. The fourth-order valence-electron chi connectivity index (χ4n) is 3.09. The van der Waals surface area contributed by atoms with Gasteiger partial charge in [-0.15, -0.1) is 22.0 Å². The summed E-state index contributed by atoms with van der Waals surface area (Å²) in [5.74, 6) is 1.20. The number of fused-ring (bicyclic) bond motifs is 1. The summed E-state index contributed by atoms with van der Waals surface area (Å²) in [7, 11) is 1.64.